The first kappa shape index (κ1) is 23.8. The highest BCUT2D eigenvalue weighted by atomic mass is 19.4. The van der Waals surface area contributed by atoms with Gasteiger partial charge in [-0.05, 0) is 56.2 Å². The summed E-state index contributed by atoms with van der Waals surface area (Å²) in [7, 11) is 0. The first-order valence-electron chi connectivity index (χ1n) is 12.1. The number of anilines is 1. The number of likely N-dealkylation sites (tertiary alicyclic amines) is 1. The Morgan fingerprint density at radius 2 is 1.89 bits per heavy atom. The molecule has 1 saturated carbocycles. The van der Waals surface area contributed by atoms with E-state index in [4.69, 9.17) is 5.73 Å². The first-order valence-corrected chi connectivity index (χ1v) is 12.1. The number of primary amides is 1. The SMILES string of the molecule is NC(=O)CN(c1ncnc2ccc(C(F)(F)F)cc12)C1CN(C2CCC(C3CCC(=O)N3)CC2)C1. The lowest BCUT2D eigenvalue weighted by atomic mass is 9.79. The van der Waals surface area contributed by atoms with Crippen molar-refractivity contribution >= 4 is 28.5 Å². The summed E-state index contributed by atoms with van der Waals surface area (Å²) < 4.78 is 40.0. The number of hydrogen-bond acceptors (Lipinski definition) is 6. The number of halogens is 3. The number of nitrogens with two attached hydrogens (primary N) is 1. The molecule has 1 atom stereocenters. The second-order valence-electron chi connectivity index (χ2n) is 9.91. The van der Waals surface area contributed by atoms with Gasteiger partial charge in [0.25, 0.3) is 0 Å². The van der Waals surface area contributed by atoms with Crippen molar-refractivity contribution in [3.8, 4) is 0 Å². The molecule has 1 unspecified atom stereocenters. The standard InChI is InChI=1S/C24H29F3N6O2/c25-24(26,27)15-3-6-20-18(9-15)23(30-13-29-20)33(12-21(28)34)17-10-32(11-17)16-4-1-14(2-5-16)19-7-8-22(35)31-19/h3,6,9,13-14,16-17,19H,1-2,4-5,7-8,10-12H2,(H2,28,34)(H,31,35). The molecule has 1 aliphatic carbocycles. The predicted molar refractivity (Wildman–Crippen MR) is 123 cm³/mol. The maximum atomic E-state index is 13.3. The number of amides is 2. The topological polar surface area (TPSA) is 104 Å². The summed E-state index contributed by atoms with van der Waals surface area (Å²) in [5.74, 6) is 0.403. The van der Waals surface area contributed by atoms with E-state index < -0.39 is 17.6 Å². The number of aromatic nitrogens is 2. The highest BCUT2D eigenvalue weighted by Crippen LogP contribution is 2.37. The van der Waals surface area contributed by atoms with Gasteiger partial charge in [-0.3, -0.25) is 14.5 Å². The predicted octanol–water partition coefficient (Wildman–Crippen LogP) is 2.46. The molecule has 188 valence electrons. The number of nitrogens with zero attached hydrogens (tertiary/aromatic N) is 4. The van der Waals surface area contributed by atoms with Crippen LogP contribution < -0.4 is 16.0 Å². The van der Waals surface area contributed by atoms with E-state index in [0.29, 0.717) is 48.8 Å². The second kappa shape index (κ2) is 9.25. The minimum Gasteiger partial charge on any atom is -0.368 e. The largest absolute Gasteiger partial charge is 0.416 e. The zero-order chi connectivity index (χ0) is 24.7. The molecule has 0 radical (unpaired) electrons. The molecule has 2 aliphatic heterocycles. The summed E-state index contributed by atoms with van der Waals surface area (Å²) in [5, 5.41) is 3.35. The Morgan fingerprint density at radius 1 is 1.14 bits per heavy atom. The van der Waals surface area contributed by atoms with Crippen molar-refractivity contribution in [2.24, 2.45) is 11.7 Å². The molecule has 0 spiro atoms. The molecular formula is C24H29F3N6O2. The molecule has 1 aromatic carbocycles. The van der Waals surface area contributed by atoms with Crippen LogP contribution in [0.5, 0.6) is 0 Å². The summed E-state index contributed by atoms with van der Waals surface area (Å²) in [5.41, 5.74) is 5.10. The van der Waals surface area contributed by atoms with Crippen LogP contribution in [0.4, 0.5) is 19.0 Å². The van der Waals surface area contributed by atoms with Gasteiger partial charge < -0.3 is 16.0 Å². The summed E-state index contributed by atoms with van der Waals surface area (Å²) in [4.78, 5) is 35.9. The minimum absolute atomic E-state index is 0.0815. The average molecular weight is 491 g/mol. The van der Waals surface area contributed by atoms with Gasteiger partial charge in [-0.1, -0.05) is 0 Å². The third-order valence-electron chi connectivity index (χ3n) is 7.73. The van der Waals surface area contributed by atoms with Crippen LogP contribution in [0, 0.1) is 5.92 Å². The number of carbonyl (C=O) groups is 2. The Labute approximate surface area is 201 Å². The van der Waals surface area contributed by atoms with Crippen molar-refractivity contribution in [2.45, 2.75) is 62.8 Å². The van der Waals surface area contributed by atoms with Crippen molar-refractivity contribution in [3.63, 3.8) is 0 Å². The quantitative estimate of drug-likeness (QED) is 0.645. The molecule has 3 heterocycles. The highest BCUT2D eigenvalue weighted by molar-refractivity contribution is 5.92. The van der Waals surface area contributed by atoms with Gasteiger partial charge >= 0.3 is 6.18 Å². The first-order chi connectivity index (χ1) is 16.7. The van der Waals surface area contributed by atoms with Gasteiger partial charge in [0.1, 0.15) is 12.1 Å². The number of benzene rings is 1. The van der Waals surface area contributed by atoms with Gasteiger partial charge in [0, 0.05) is 37.0 Å². The maximum Gasteiger partial charge on any atom is 0.416 e. The van der Waals surface area contributed by atoms with Gasteiger partial charge in [-0.2, -0.15) is 13.2 Å². The molecule has 8 nitrogen and oxygen atoms in total. The fourth-order valence-electron chi connectivity index (χ4n) is 5.84. The summed E-state index contributed by atoms with van der Waals surface area (Å²) in [6.45, 7) is 1.25. The molecule has 2 amide bonds. The Morgan fingerprint density at radius 3 is 2.51 bits per heavy atom. The van der Waals surface area contributed by atoms with E-state index in [1.54, 1.807) is 4.90 Å². The Hall–Kier alpha value is -2.95. The fraction of sp³-hybridized carbons (Fsp3) is 0.583. The van der Waals surface area contributed by atoms with Crippen molar-refractivity contribution in [3.05, 3.63) is 30.1 Å². The summed E-state index contributed by atoms with van der Waals surface area (Å²) >= 11 is 0. The number of alkyl halides is 3. The molecule has 5 rings (SSSR count). The zero-order valence-electron chi connectivity index (χ0n) is 19.3. The lowest BCUT2D eigenvalue weighted by molar-refractivity contribution is -0.137. The zero-order valence-corrected chi connectivity index (χ0v) is 19.3. The van der Waals surface area contributed by atoms with E-state index in [9.17, 15) is 22.8 Å². The molecule has 1 aromatic heterocycles. The van der Waals surface area contributed by atoms with Crippen LogP contribution >= 0.6 is 0 Å². The van der Waals surface area contributed by atoms with E-state index in [0.717, 1.165) is 44.2 Å². The monoisotopic (exact) mass is 490 g/mol. The molecule has 2 saturated heterocycles. The third-order valence-corrected chi connectivity index (χ3v) is 7.73. The van der Waals surface area contributed by atoms with Gasteiger partial charge in [0.15, 0.2) is 0 Å². The minimum atomic E-state index is -4.50. The van der Waals surface area contributed by atoms with E-state index >= 15 is 0 Å². The van der Waals surface area contributed by atoms with Gasteiger partial charge in [0.2, 0.25) is 11.8 Å². The molecule has 3 fully saturated rings. The fourth-order valence-corrected chi connectivity index (χ4v) is 5.84. The third kappa shape index (κ3) is 4.91. The van der Waals surface area contributed by atoms with Crippen LogP contribution in [0.2, 0.25) is 0 Å². The van der Waals surface area contributed by atoms with E-state index in [1.807, 2.05) is 0 Å². The van der Waals surface area contributed by atoms with Gasteiger partial charge in [0.05, 0.1) is 23.7 Å². The van der Waals surface area contributed by atoms with Crippen LogP contribution in [0.3, 0.4) is 0 Å². The highest BCUT2D eigenvalue weighted by Gasteiger charge is 2.40. The summed E-state index contributed by atoms with van der Waals surface area (Å²) in [6.07, 6.45) is 2.58. The van der Waals surface area contributed by atoms with Gasteiger partial charge in [-0.15, -0.1) is 0 Å². The van der Waals surface area contributed by atoms with E-state index in [1.165, 1.54) is 12.4 Å². The summed E-state index contributed by atoms with van der Waals surface area (Å²) in [6, 6.07) is 4.00. The number of hydrogen-bond donors (Lipinski definition) is 2. The van der Waals surface area contributed by atoms with Crippen LogP contribution in [-0.2, 0) is 15.8 Å². The smallest absolute Gasteiger partial charge is 0.368 e. The van der Waals surface area contributed by atoms with Crippen LogP contribution in [0.25, 0.3) is 10.9 Å². The molecule has 3 N–H and O–H groups in total. The molecule has 11 heteroatoms. The van der Waals surface area contributed by atoms with Crippen LogP contribution in [-0.4, -0.2) is 64.4 Å². The molecular weight excluding hydrogens is 461 g/mol. The van der Waals surface area contributed by atoms with Crippen LogP contribution in [0.1, 0.15) is 44.1 Å². The molecule has 2 aromatic rings. The second-order valence-corrected chi connectivity index (χ2v) is 9.91. The molecule has 3 aliphatic rings. The van der Waals surface area contributed by atoms with Gasteiger partial charge in [-0.25, -0.2) is 9.97 Å². The number of rotatable bonds is 6. The Balaban J connectivity index is 1.28. The number of fused-ring (bicyclic) bond motifs is 1. The van der Waals surface area contributed by atoms with E-state index in [2.05, 4.69) is 20.2 Å². The Kier molecular flexibility index (Phi) is 6.29. The van der Waals surface area contributed by atoms with Crippen molar-refractivity contribution in [1.82, 2.24) is 20.2 Å². The van der Waals surface area contributed by atoms with Crippen molar-refractivity contribution in [1.29, 1.82) is 0 Å². The van der Waals surface area contributed by atoms with Crippen molar-refractivity contribution < 1.29 is 22.8 Å². The number of carbonyl (C=O) groups excluding carboxylic acids is 2. The van der Waals surface area contributed by atoms with Crippen molar-refractivity contribution in [2.75, 3.05) is 24.5 Å². The lowest BCUT2D eigenvalue weighted by Crippen LogP contribution is -2.64. The molecule has 0 bridgehead atoms. The Bertz CT molecular complexity index is 1110. The normalized spacial score (nSPS) is 25.9. The number of nitrogens with one attached hydrogen (secondary N) is 1. The maximum absolute atomic E-state index is 13.3. The lowest BCUT2D eigenvalue weighted by Gasteiger charge is -2.50. The average Bonchev–Trinajstić information content (AvgIpc) is 3.22. The molecule has 35 heavy (non-hydrogen) atoms. The van der Waals surface area contributed by atoms with E-state index in [-0.39, 0.29) is 23.9 Å². The van der Waals surface area contributed by atoms with Crippen LogP contribution in [0.15, 0.2) is 24.5 Å².